The number of carbonyl (C=O) groups excluding carboxylic acids is 2. The van der Waals surface area contributed by atoms with E-state index in [9.17, 15) is 29.8 Å². The Morgan fingerprint density at radius 2 is 1.15 bits per heavy atom. The lowest BCUT2D eigenvalue weighted by molar-refractivity contribution is -0.385. The summed E-state index contributed by atoms with van der Waals surface area (Å²) in [6, 6.07) is 25.6. The number of thioether (sulfide) groups is 1. The van der Waals surface area contributed by atoms with Crippen molar-refractivity contribution < 1.29 is 34.2 Å². The van der Waals surface area contributed by atoms with Crippen LogP contribution in [0, 0.1) is 34.1 Å². The number of ether oxygens (including phenoxy) is 1. The zero-order valence-electron chi connectivity index (χ0n) is 30.1. The molecule has 0 saturated heterocycles. The van der Waals surface area contributed by atoms with E-state index in [-0.39, 0.29) is 11.4 Å². The molecule has 0 saturated carbocycles. The minimum Gasteiger partial charge on any atom is -0.444 e. The molecule has 4 rings (SSSR count). The van der Waals surface area contributed by atoms with Crippen LogP contribution in [0.2, 0.25) is 0 Å². The zero-order chi connectivity index (χ0) is 39.1. The summed E-state index contributed by atoms with van der Waals surface area (Å²) in [4.78, 5) is 50.9. The van der Waals surface area contributed by atoms with Gasteiger partial charge in [-0.05, 0) is 77.3 Å². The minimum absolute atomic E-state index is 0.00458. The number of nitrogens with zero attached hydrogens (tertiary/aromatic N) is 4. The van der Waals surface area contributed by atoms with Crippen LogP contribution in [-0.4, -0.2) is 62.2 Å². The molecule has 15 heteroatoms. The van der Waals surface area contributed by atoms with Crippen LogP contribution in [0.15, 0.2) is 107 Å². The van der Waals surface area contributed by atoms with Crippen LogP contribution >= 0.6 is 11.8 Å². The zero-order valence-corrected chi connectivity index (χ0v) is 31.0. The number of nitrogens with one attached hydrogen (secondary N) is 1. The van der Waals surface area contributed by atoms with Gasteiger partial charge in [-0.2, -0.15) is 11.8 Å². The van der Waals surface area contributed by atoms with Crippen molar-refractivity contribution in [2.75, 3.05) is 12.0 Å². The molecule has 0 aliphatic heterocycles. The van der Waals surface area contributed by atoms with E-state index in [2.05, 4.69) is 15.6 Å². The Morgan fingerprint density at radius 1 is 0.755 bits per heavy atom. The first-order chi connectivity index (χ1) is 25.1. The summed E-state index contributed by atoms with van der Waals surface area (Å²) in [5, 5.41) is 40.6. The Bertz CT molecular complexity index is 1920. The van der Waals surface area contributed by atoms with Crippen LogP contribution in [0.5, 0.6) is 0 Å². The highest BCUT2D eigenvalue weighted by Crippen LogP contribution is 2.19. The van der Waals surface area contributed by atoms with E-state index in [1.165, 1.54) is 48.2 Å². The lowest BCUT2D eigenvalue weighted by atomic mass is 10.0. The molecular weight excluding hydrogens is 703 g/mol. The van der Waals surface area contributed by atoms with Crippen molar-refractivity contribution >= 4 is 46.6 Å². The summed E-state index contributed by atoms with van der Waals surface area (Å²) in [6.07, 6.45) is 1.48. The lowest BCUT2D eigenvalue weighted by Gasteiger charge is -2.22. The molecule has 0 aliphatic carbocycles. The number of amides is 1. The van der Waals surface area contributed by atoms with Crippen molar-refractivity contribution in [3.63, 3.8) is 0 Å². The highest BCUT2D eigenvalue weighted by atomic mass is 32.2. The van der Waals surface area contributed by atoms with E-state index < -0.39 is 33.6 Å². The predicted molar refractivity (Wildman–Crippen MR) is 204 cm³/mol. The van der Waals surface area contributed by atoms with Crippen molar-refractivity contribution in [3.05, 3.63) is 151 Å². The van der Waals surface area contributed by atoms with Gasteiger partial charge in [-0.15, -0.1) is 0 Å². The Hall–Kier alpha value is -6.09. The molecule has 1 amide bonds. The maximum absolute atomic E-state index is 12.8. The van der Waals surface area contributed by atoms with Crippen LogP contribution in [-0.2, 0) is 14.4 Å². The predicted octanol–water partition coefficient (Wildman–Crippen LogP) is 7.98. The van der Waals surface area contributed by atoms with Crippen molar-refractivity contribution in [3.8, 4) is 0 Å². The van der Waals surface area contributed by atoms with Gasteiger partial charge in [-0.3, -0.25) is 20.2 Å². The first kappa shape index (κ1) is 41.3. The lowest BCUT2D eigenvalue weighted by Crippen LogP contribution is -2.44. The Morgan fingerprint density at radius 3 is 1.51 bits per heavy atom. The molecule has 0 aromatic heterocycles. The van der Waals surface area contributed by atoms with Crippen LogP contribution in [0.1, 0.15) is 60.6 Å². The highest BCUT2D eigenvalue weighted by Gasteiger charge is 2.26. The highest BCUT2D eigenvalue weighted by molar-refractivity contribution is 7.98. The normalized spacial score (nSPS) is 12.1. The maximum atomic E-state index is 12.8. The summed E-state index contributed by atoms with van der Waals surface area (Å²) in [5.74, 6) is -0.140. The third-order valence-electron chi connectivity index (χ3n) is 7.27. The van der Waals surface area contributed by atoms with Crippen LogP contribution in [0.4, 0.5) is 16.2 Å². The number of hydrogen-bond acceptors (Lipinski definition) is 12. The number of nitro groups is 2. The van der Waals surface area contributed by atoms with Gasteiger partial charge in [0.25, 0.3) is 11.4 Å². The van der Waals surface area contributed by atoms with Gasteiger partial charge in [0.05, 0.1) is 9.85 Å². The van der Waals surface area contributed by atoms with Crippen molar-refractivity contribution in [2.24, 2.45) is 10.3 Å². The van der Waals surface area contributed by atoms with Gasteiger partial charge in [-0.25, -0.2) is 9.59 Å². The van der Waals surface area contributed by atoms with E-state index >= 15 is 0 Å². The van der Waals surface area contributed by atoms with E-state index in [4.69, 9.17) is 14.8 Å². The molecule has 4 aromatic rings. The maximum Gasteiger partial charge on any atom is 0.408 e. The van der Waals surface area contributed by atoms with Gasteiger partial charge in [0.2, 0.25) is 0 Å². The van der Waals surface area contributed by atoms with Crippen molar-refractivity contribution in [2.45, 2.75) is 52.7 Å². The summed E-state index contributed by atoms with van der Waals surface area (Å²) >= 11 is 1.52. The summed E-state index contributed by atoms with van der Waals surface area (Å²) in [7, 11) is 0. The molecule has 0 fully saturated rings. The average molecular weight is 744 g/mol. The first-order valence-corrected chi connectivity index (χ1v) is 17.6. The number of benzene rings is 4. The fraction of sp³-hybridized carbons (Fsp3) is 0.263. The van der Waals surface area contributed by atoms with Crippen molar-refractivity contribution in [1.29, 1.82) is 0 Å². The minimum atomic E-state index is -0.956. The second-order valence-corrected chi connectivity index (χ2v) is 13.6. The van der Waals surface area contributed by atoms with Crippen molar-refractivity contribution in [1.82, 2.24) is 5.32 Å². The standard InChI is InChI=1S/C24H29N3O6S.C14H12N2O3/c1-16-6-8-17(9-7-16)21(18-10-12-19(13-11-18)27(30)31)26-33-22(28)20(14-15-34-5)25-23(29)32-24(2,3)4;1-10-2-4-11(5-3-10)14(15-17)12-6-8-13(9-7-12)16(18)19/h6-13,20H,14-15H2,1-5H3,(H,25,29);2-9,17H,1H3/b26-21-;15-14+/t20-;/m0./s1. The second kappa shape index (κ2) is 19.5. The molecule has 0 heterocycles. The van der Waals surface area contributed by atoms with E-state index in [0.29, 0.717) is 40.3 Å². The molecule has 14 nitrogen and oxygen atoms in total. The van der Waals surface area contributed by atoms with Gasteiger partial charge >= 0.3 is 12.1 Å². The van der Waals surface area contributed by atoms with Crippen LogP contribution < -0.4 is 5.32 Å². The number of rotatable bonds is 12. The third-order valence-corrected chi connectivity index (χ3v) is 7.91. The van der Waals surface area contributed by atoms with E-state index in [1.807, 2.05) is 68.6 Å². The van der Waals surface area contributed by atoms with Gasteiger partial charge in [0.15, 0.2) is 0 Å². The molecule has 1 atom stereocenters. The monoisotopic (exact) mass is 743 g/mol. The van der Waals surface area contributed by atoms with Crippen LogP contribution in [0.25, 0.3) is 0 Å². The van der Waals surface area contributed by atoms with Crippen LogP contribution in [0.3, 0.4) is 0 Å². The number of aryl methyl sites for hydroxylation is 2. The van der Waals surface area contributed by atoms with Gasteiger partial charge in [0.1, 0.15) is 23.1 Å². The number of nitro benzene ring substituents is 2. The second-order valence-electron chi connectivity index (χ2n) is 12.6. The smallest absolute Gasteiger partial charge is 0.408 e. The number of hydrogen-bond donors (Lipinski definition) is 2. The van der Waals surface area contributed by atoms with E-state index in [1.54, 1.807) is 32.9 Å². The fourth-order valence-corrected chi connectivity index (χ4v) is 5.02. The number of non-ortho nitro benzene ring substituents is 2. The SMILES string of the molecule is CSCC[C@H](NC(=O)OC(C)(C)C)C(=O)O/N=C(/c1ccc(C)cc1)c1ccc([N+](=O)[O-])cc1.Cc1ccc(/C(=N\O)c2ccc([N+](=O)[O-])cc2)cc1. The average Bonchev–Trinajstić information content (AvgIpc) is 3.12. The number of oxime groups is 2. The Balaban J connectivity index is 0.000000334. The summed E-state index contributed by atoms with van der Waals surface area (Å²) < 4.78 is 5.25. The molecule has 0 aliphatic rings. The molecule has 0 bridgehead atoms. The molecule has 0 radical (unpaired) electrons. The molecular formula is C38H41N5O9S. The third kappa shape index (κ3) is 13.2. The molecule has 2 N–H and O–H groups in total. The van der Waals surface area contributed by atoms with Gasteiger partial charge in [0, 0.05) is 46.5 Å². The molecule has 278 valence electrons. The molecule has 0 unspecified atom stereocenters. The summed E-state index contributed by atoms with van der Waals surface area (Å²) in [5.41, 5.74) is 4.62. The fourth-order valence-electron chi connectivity index (χ4n) is 4.55. The summed E-state index contributed by atoms with van der Waals surface area (Å²) in [6.45, 7) is 9.08. The largest absolute Gasteiger partial charge is 0.444 e. The van der Waals surface area contributed by atoms with Gasteiger partial charge in [-0.1, -0.05) is 70.0 Å². The van der Waals surface area contributed by atoms with E-state index in [0.717, 1.165) is 16.7 Å². The number of carbonyl (C=O) groups is 2. The number of alkyl carbamates (subject to hydrolysis) is 1. The quantitative estimate of drug-likeness (QED) is 0.0472. The Labute approximate surface area is 311 Å². The molecule has 0 spiro atoms. The molecule has 4 aromatic carbocycles. The molecule has 53 heavy (non-hydrogen) atoms. The first-order valence-electron chi connectivity index (χ1n) is 16.2. The topological polar surface area (TPSA) is 196 Å². The Kier molecular flexibility index (Phi) is 15.2. The van der Waals surface area contributed by atoms with Gasteiger partial charge < -0.3 is 20.1 Å².